The van der Waals surface area contributed by atoms with Crippen LogP contribution in [0.5, 0.6) is 0 Å². The SMILES string of the molecule is CN(Cc1ccc2c(CN3CCNCC3)cc(=O)oc2c1)C(=O)O. The lowest BCUT2D eigenvalue weighted by molar-refractivity contribution is 0.153. The van der Waals surface area contributed by atoms with Crippen molar-refractivity contribution in [3.05, 3.63) is 45.8 Å². The van der Waals surface area contributed by atoms with E-state index in [4.69, 9.17) is 9.52 Å². The highest BCUT2D eigenvalue weighted by atomic mass is 16.4. The molecule has 7 heteroatoms. The lowest BCUT2D eigenvalue weighted by Gasteiger charge is -2.27. The number of nitrogens with one attached hydrogen (secondary N) is 1. The zero-order valence-electron chi connectivity index (χ0n) is 13.6. The number of nitrogens with zero attached hydrogens (tertiary/aromatic N) is 2. The fraction of sp³-hybridized carbons (Fsp3) is 0.412. The average Bonchev–Trinajstić information content (AvgIpc) is 2.55. The van der Waals surface area contributed by atoms with Crippen molar-refractivity contribution < 1.29 is 14.3 Å². The highest BCUT2D eigenvalue weighted by molar-refractivity contribution is 5.81. The van der Waals surface area contributed by atoms with Crippen molar-refractivity contribution in [2.45, 2.75) is 13.1 Å². The summed E-state index contributed by atoms with van der Waals surface area (Å²) in [5.41, 5.74) is 1.86. The third kappa shape index (κ3) is 3.74. The van der Waals surface area contributed by atoms with Gasteiger partial charge in [0.1, 0.15) is 5.58 Å². The van der Waals surface area contributed by atoms with Gasteiger partial charge in [-0.1, -0.05) is 12.1 Å². The van der Waals surface area contributed by atoms with Gasteiger partial charge in [0.05, 0.1) is 0 Å². The zero-order chi connectivity index (χ0) is 17.1. The summed E-state index contributed by atoms with van der Waals surface area (Å²) in [5.74, 6) is 0. The quantitative estimate of drug-likeness (QED) is 0.822. The van der Waals surface area contributed by atoms with E-state index in [-0.39, 0.29) is 12.2 Å². The zero-order valence-corrected chi connectivity index (χ0v) is 13.6. The minimum atomic E-state index is -0.996. The monoisotopic (exact) mass is 331 g/mol. The molecule has 0 radical (unpaired) electrons. The van der Waals surface area contributed by atoms with Gasteiger partial charge in [-0.15, -0.1) is 0 Å². The van der Waals surface area contributed by atoms with Gasteiger partial charge >= 0.3 is 11.7 Å². The topological polar surface area (TPSA) is 86.0 Å². The largest absolute Gasteiger partial charge is 0.465 e. The molecule has 2 N–H and O–H groups in total. The first kappa shape index (κ1) is 16.5. The standard InChI is InChI=1S/C17H21N3O4/c1-19(17(22)23)10-12-2-3-14-13(9-16(21)24-15(14)8-12)11-20-6-4-18-5-7-20/h2-3,8-9,18H,4-7,10-11H2,1H3,(H,22,23). The second-order valence-corrected chi connectivity index (χ2v) is 6.09. The highest BCUT2D eigenvalue weighted by Crippen LogP contribution is 2.21. The Balaban J connectivity index is 1.90. The van der Waals surface area contributed by atoms with Crippen LogP contribution >= 0.6 is 0 Å². The number of hydrogen-bond donors (Lipinski definition) is 2. The molecule has 2 heterocycles. The number of fused-ring (bicyclic) bond motifs is 1. The molecular formula is C17H21N3O4. The second-order valence-electron chi connectivity index (χ2n) is 6.09. The molecule has 1 fully saturated rings. The molecule has 1 aliphatic rings. The van der Waals surface area contributed by atoms with Crippen LogP contribution in [-0.4, -0.2) is 54.2 Å². The van der Waals surface area contributed by atoms with E-state index in [2.05, 4.69) is 10.2 Å². The number of rotatable bonds is 4. The summed E-state index contributed by atoms with van der Waals surface area (Å²) < 4.78 is 5.32. The van der Waals surface area contributed by atoms with Crippen molar-refractivity contribution >= 4 is 17.1 Å². The summed E-state index contributed by atoms with van der Waals surface area (Å²) in [6, 6.07) is 7.08. The Hall–Kier alpha value is -2.38. The molecule has 0 unspecified atom stereocenters. The molecule has 1 saturated heterocycles. The Kier molecular flexibility index (Phi) is 4.82. The summed E-state index contributed by atoms with van der Waals surface area (Å²) in [5, 5.41) is 13.2. The van der Waals surface area contributed by atoms with Crippen LogP contribution in [0.3, 0.4) is 0 Å². The number of carbonyl (C=O) groups is 1. The maximum absolute atomic E-state index is 11.9. The van der Waals surface area contributed by atoms with Crippen molar-refractivity contribution in [1.82, 2.24) is 15.1 Å². The minimum Gasteiger partial charge on any atom is -0.465 e. The first-order chi connectivity index (χ1) is 11.5. The first-order valence-electron chi connectivity index (χ1n) is 7.96. The van der Waals surface area contributed by atoms with Gasteiger partial charge in [0.2, 0.25) is 0 Å². The van der Waals surface area contributed by atoms with Gasteiger partial charge < -0.3 is 19.7 Å². The van der Waals surface area contributed by atoms with Crippen molar-refractivity contribution in [2.24, 2.45) is 0 Å². The molecular weight excluding hydrogens is 310 g/mol. The van der Waals surface area contributed by atoms with E-state index in [1.54, 1.807) is 12.1 Å². The summed E-state index contributed by atoms with van der Waals surface area (Å²) in [7, 11) is 1.50. The van der Waals surface area contributed by atoms with Gasteiger partial charge in [-0.2, -0.15) is 0 Å². The normalized spacial score (nSPS) is 15.5. The van der Waals surface area contributed by atoms with Gasteiger partial charge in [0, 0.05) is 57.8 Å². The van der Waals surface area contributed by atoms with E-state index < -0.39 is 6.09 Å². The van der Waals surface area contributed by atoms with Gasteiger partial charge in [-0.25, -0.2) is 9.59 Å². The molecule has 1 aromatic heterocycles. The fourth-order valence-corrected chi connectivity index (χ4v) is 2.96. The number of piperazine rings is 1. The smallest absolute Gasteiger partial charge is 0.407 e. The average molecular weight is 331 g/mol. The van der Waals surface area contributed by atoms with Crippen LogP contribution in [-0.2, 0) is 13.1 Å². The van der Waals surface area contributed by atoms with Crippen molar-refractivity contribution in [3.8, 4) is 0 Å². The molecule has 1 aromatic carbocycles. The molecule has 3 rings (SSSR count). The lowest BCUT2D eigenvalue weighted by Crippen LogP contribution is -2.43. The van der Waals surface area contributed by atoms with Gasteiger partial charge in [0.25, 0.3) is 0 Å². The van der Waals surface area contributed by atoms with E-state index >= 15 is 0 Å². The van der Waals surface area contributed by atoms with Crippen LogP contribution in [0, 0.1) is 0 Å². The van der Waals surface area contributed by atoms with Gasteiger partial charge in [-0.05, 0) is 17.2 Å². The number of hydrogen-bond acceptors (Lipinski definition) is 5. The van der Waals surface area contributed by atoms with Gasteiger partial charge in [0.15, 0.2) is 0 Å². The fourth-order valence-electron chi connectivity index (χ4n) is 2.96. The molecule has 7 nitrogen and oxygen atoms in total. The summed E-state index contributed by atoms with van der Waals surface area (Å²) in [6.45, 7) is 4.75. The molecule has 1 aliphatic heterocycles. The number of carboxylic acid groups (broad SMARTS) is 1. The molecule has 0 aliphatic carbocycles. The third-order valence-corrected chi connectivity index (χ3v) is 4.24. The molecule has 0 bridgehead atoms. The van der Waals surface area contributed by atoms with E-state index in [1.165, 1.54) is 11.9 Å². The molecule has 128 valence electrons. The summed E-state index contributed by atoms with van der Waals surface area (Å²) in [4.78, 5) is 26.3. The summed E-state index contributed by atoms with van der Waals surface area (Å²) >= 11 is 0. The maximum atomic E-state index is 11.9. The van der Waals surface area contributed by atoms with Crippen molar-refractivity contribution in [1.29, 1.82) is 0 Å². The maximum Gasteiger partial charge on any atom is 0.407 e. The Morgan fingerprint density at radius 3 is 2.79 bits per heavy atom. The van der Waals surface area contributed by atoms with Crippen LogP contribution in [0.25, 0.3) is 11.0 Å². The van der Waals surface area contributed by atoms with E-state index in [9.17, 15) is 9.59 Å². The Morgan fingerprint density at radius 2 is 2.08 bits per heavy atom. The van der Waals surface area contributed by atoms with Crippen LogP contribution in [0.15, 0.2) is 33.5 Å². The number of benzene rings is 1. The van der Waals surface area contributed by atoms with E-state index in [0.29, 0.717) is 12.1 Å². The molecule has 0 spiro atoms. The van der Waals surface area contributed by atoms with Crippen LogP contribution in [0.4, 0.5) is 4.79 Å². The second kappa shape index (κ2) is 7.02. The van der Waals surface area contributed by atoms with Crippen LogP contribution in [0.1, 0.15) is 11.1 Å². The number of amides is 1. The van der Waals surface area contributed by atoms with Crippen LogP contribution < -0.4 is 10.9 Å². The van der Waals surface area contributed by atoms with Crippen molar-refractivity contribution in [3.63, 3.8) is 0 Å². The predicted molar refractivity (Wildman–Crippen MR) is 90.1 cm³/mol. The Labute approximate surface area is 139 Å². The lowest BCUT2D eigenvalue weighted by atomic mass is 10.1. The Bertz CT molecular complexity index is 796. The highest BCUT2D eigenvalue weighted by Gasteiger charge is 2.14. The predicted octanol–water partition coefficient (Wildman–Crippen LogP) is 1.31. The minimum absolute atomic E-state index is 0.247. The Morgan fingerprint density at radius 1 is 1.33 bits per heavy atom. The van der Waals surface area contributed by atoms with E-state index in [1.807, 2.05) is 12.1 Å². The van der Waals surface area contributed by atoms with Crippen LogP contribution in [0.2, 0.25) is 0 Å². The molecule has 1 amide bonds. The molecule has 24 heavy (non-hydrogen) atoms. The third-order valence-electron chi connectivity index (χ3n) is 4.24. The van der Waals surface area contributed by atoms with E-state index in [0.717, 1.165) is 42.7 Å². The molecule has 0 saturated carbocycles. The van der Waals surface area contributed by atoms with Crippen molar-refractivity contribution in [2.75, 3.05) is 33.2 Å². The molecule has 2 aromatic rings. The summed E-state index contributed by atoms with van der Waals surface area (Å²) in [6.07, 6.45) is -0.996. The van der Waals surface area contributed by atoms with Gasteiger partial charge in [-0.3, -0.25) is 4.90 Å². The first-order valence-corrected chi connectivity index (χ1v) is 7.96. The molecule has 0 atom stereocenters.